The number of quaternary nitrogens is 1. The quantitative estimate of drug-likeness (QED) is 0.0645. The highest BCUT2D eigenvalue weighted by atomic mass is 16.5. The first-order valence-electron chi connectivity index (χ1n) is 11.8. The minimum Gasteiger partial charge on any atom is -0.624 e. The first kappa shape index (κ1) is 28.6. The Bertz CT molecular complexity index is 524. The van der Waals surface area contributed by atoms with Crippen LogP contribution in [0.25, 0.3) is 0 Å². The van der Waals surface area contributed by atoms with Crippen molar-refractivity contribution in [3.63, 3.8) is 0 Å². The van der Waals surface area contributed by atoms with Crippen molar-refractivity contribution in [1.29, 1.82) is 0 Å². The van der Waals surface area contributed by atoms with E-state index in [2.05, 4.69) is 34.0 Å². The SMILES string of the molecule is CCCCCC(O)/C=C/C=[N+](\[O-])CC[N+](C)(C)CC/C=C/C=C/C(O)CCCCC. The van der Waals surface area contributed by atoms with Gasteiger partial charge in [0.1, 0.15) is 6.54 Å². The molecule has 0 aliphatic rings. The molecule has 0 saturated heterocycles. The lowest BCUT2D eigenvalue weighted by Crippen LogP contribution is -2.43. The number of hydrogen-bond acceptors (Lipinski definition) is 3. The minimum absolute atomic E-state index is 0.348. The molecule has 2 unspecified atom stereocenters. The lowest BCUT2D eigenvalue weighted by molar-refractivity contribution is -0.895. The monoisotopic (exact) mass is 423 g/mol. The van der Waals surface area contributed by atoms with Crippen LogP contribution < -0.4 is 0 Å². The second kappa shape index (κ2) is 18.3. The molecular formula is C25H47N2O3+. The molecule has 5 heteroatoms. The zero-order valence-electron chi connectivity index (χ0n) is 19.9. The molecular weight excluding hydrogens is 376 g/mol. The average molecular weight is 424 g/mol. The number of likely N-dealkylation sites (N-methyl/N-ethyl adjacent to an activating group) is 1. The molecule has 5 nitrogen and oxygen atoms in total. The van der Waals surface area contributed by atoms with Gasteiger partial charge in [-0.2, -0.15) is 0 Å². The fourth-order valence-corrected chi connectivity index (χ4v) is 3.02. The van der Waals surface area contributed by atoms with Crippen molar-refractivity contribution in [2.24, 2.45) is 0 Å². The molecule has 0 saturated carbocycles. The van der Waals surface area contributed by atoms with E-state index in [-0.39, 0.29) is 6.10 Å². The smallest absolute Gasteiger partial charge is 0.201 e. The number of hydroxylamine groups is 1. The van der Waals surface area contributed by atoms with E-state index in [4.69, 9.17) is 0 Å². The van der Waals surface area contributed by atoms with Gasteiger partial charge in [-0.05, 0) is 12.8 Å². The Morgan fingerprint density at radius 3 is 1.97 bits per heavy atom. The summed E-state index contributed by atoms with van der Waals surface area (Å²) in [6.07, 6.45) is 21.1. The molecule has 30 heavy (non-hydrogen) atoms. The normalized spacial score (nSPS) is 15.6. The van der Waals surface area contributed by atoms with Crippen molar-refractivity contribution in [1.82, 2.24) is 0 Å². The number of allylic oxidation sites excluding steroid dienone is 3. The lowest BCUT2D eigenvalue weighted by atomic mass is 10.1. The van der Waals surface area contributed by atoms with Crippen LogP contribution in [0.1, 0.15) is 71.6 Å². The molecule has 0 bridgehead atoms. The molecule has 0 aromatic heterocycles. The van der Waals surface area contributed by atoms with E-state index in [0.29, 0.717) is 6.54 Å². The van der Waals surface area contributed by atoms with Gasteiger partial charge in [0.05, 0.1) is 32.8 Å². The number of aliphatic hydroxyl groups excluding tert-OH is 2. The minimum atomic E-state index is -0.466. The molecule has 0 radical (unpaired) electrons. The van der Waals surface area contributed by atoms with Crippen LogP contribution in [-0.2, 0) is 0 Å². The maximum Gasteiger partial charge on any atom is 0.201 e. The third-order valence-electron chi connectivity index (χ3n) is 5.20. The average Bonchev–Trinajstić information content (AvgIpc) is 2.69. The summed E-state index contributed by atoms with van der Waals surface area (Å²) >= 11 is 0. The molecule has 0 heterocycles. The molecule has 0 fully saturated rings. The Hall–Kier alpha value is -1.43. The van der Waals surface area contributed by atoms with E-state index in [0.717, 1.165) is 67.3 Å². The van der Waals surface area contributed by atoms with E-state index in [1.54, 1.807) is 12.2 Å². The fourth-order valence-electron chi connectivity index (χ4n) is 3.02. The van der Waals surface area contributed by atoms with Crippen LogP contribution in [0.3, 0.4) is 0 Å². The van der Waals surface area contributed by atoms with Gasteiger partial charge in [-0.1, -0.05) is 82.8 Å². The van der Waals surface area contributed by atoms with Crippen LogP contribution >= 0.6 is 0 Å². The van der Waals surface area contributed by atoms with Crippen LogP contribution in [0.2, 0.25) is 0 Å². The van der Waals surface area contributed by atoms with Crippen molar-refractivity contribution < 1.29 is 19.4 Å². The zero-order valence-corrected chi connectivity index (χ0v) is 19.9. The summed E-state index contributed by atoms with van der Waals surface area (Å²) in [6, 6.07) is 0. The molecule has 174 valence electrons. The highest BCUT2D eigenvalue weighted by Crippen LogP contribution is 2.05. The summed E-state index contributed by atoms with van der Waals surface area (Å²) in [5.41, 5.74) is 0. The molecule has 2 N–H and O–H groups in total. The van der Waals surface area contributed by atoms with E-state index in [1.807, 2.05) is 18.2 Å². The lowest BCUT2D eigenvalue weighted by Gasteiger charge is -2.28. The van der Waals surface area contributed by atoms with Gasteiger partial charge in [0.2, 0.25) is 6.54 Å². The van der Waals surface area contributed by atoms with Crippen molar-refractivity contribution in [2.45, 2.75) is 83.8 Å². The first-order valence-corrected chi connectivity index (χ1v) is 11.8. The first-order chi connectivity index (χ1) is 14.3. The number of nitrogens with zero attached hydrogens (tertiary/aromatic N) is 2. The molecule has 0 spiro atoms. The van der Waals surface area contributed by atoms with E-state index in [9.17, 15) is 15.4 Å². The van der Waals surface area contributed by atoms with Crippen molar-refractivity contribution >= 4 is 6.21 Å². The number of rotatable bonds is 18. The summed E-state index contributed by atoms with van der Waals surface area (Å²) in [6.45, 7) is 6.43. The Morgan fingerprint density at radius 1 is 0.833 bits per heavy atom. The van der Waals surface area contributed by atoms with E-state index in [1.165, 1.54) is 19.1 Å². The summed E-state index contributed by atoms with van der Waals surface area (Å²) in [7, 11) is 4.25. The maximum atomic E-state index is 12.0. The number of unbranched alkanes of at least 4 members (excludes halogenated alkanes) is 4. The highest BCUT2D eigenvalue weighted by Gasteiger charge is 2.15. The number of aliphatic hydroxyl groups is 2. The van der Waals surface area contributed by atoms with Gasteiger partial charge in [0.15, 0.2) is 6.21 Å². The van der Waals surface area contributed by atoms with Gasteiger partial charge in [0, 0.05) is 12.5 Å². The zero-order chi connectivity index (χ0) is 22.7. The largest absolute Gasteiger partial charge is 0.624 e. The Kier molecular flexibility index (Phi) is 17.5. The van der Waals surface area contributed by atoms with Gasteiger partial charge >= 0.3 is 0 Å². The molecule has 0 rings (SSSR count). The predicted molar refractivity (Wildman–Crippen MR) is 129 cm³/mol. The third kappa shape index (κ3) is 18.6. The van der Waals surface area contributed by atoms with Crippen LogP contribution in [0, 0.1) is 5.21 Å². The van der Waals surface area contributed by atoms with Gasteiger partial charge in [-0.3, -0.25) is 0 Å². The molecule has 0 aromatic carbocycles. The van der Waals surface area contributed by atoms with Crippen molar-refractivity contribution in [3.05, 3.63) is 41.7 Å². The van der Waals surface area contributed by atoms with E-state index < -0.39 is 6.10 Å². The maximum absolute atomic E-state index is 12.0. The second-order valence-corrected chi connectivity index (χ2v) is 8.79. The van der Waals surface area contributed by atoms with Crippen LogP contribution in [0.5, 0.6) is 0 Å². The predicted octanol–water partition coefficient (Wildman–Crippen LogP) is 4.59. The van der Waals surface area contributed by atoms with Gasteiger partial charge < -0.3 is 19.9 Å². The van der Waals surface area contributed by atoms with Gasteiger partial charge in [-0.15, -0.1) is 0 Å². The molecule has 0 amide bonds. The standard InChI is InChI=1S/C25H47N2O3/c1-5-7-11-16-24(28)18-13-9-10-14-22-27(3,4)23-21-26(30)20-15-19-25(29)17-12-8-6-2/h9-10,13,15,18-20,24-25,28-29H,5-8,11-12,14,16-17,21-23H2,1-4H3/q+1/b10-9+,18-13+,19-15+,26-20-. The second-order valence-electron chi connectivity index (χ2n) is 8.79. The fraction of sp³-hybridized carbons (Fsp3) is 0.720. The summed E-state index contributed by atoms with van der Waals surface area (Å²) in [5.74, 6) is 0. The van der Waals surface area contributed by atoms with Crippen LogP contribution in [-0.4, -0.2) is 71.6 Å². The van der Waals surface area contributed by atoms with E-state index >= 15 is 0 Å². The molecule has 0 aliphatic carbocycles. The third-order valence-corrected chi connectivity index (χ3v) is 5.20. The molecule has 0 aromatic rings. The Labute approximate surface area is 185 Å². The summed E-state index contributed by atoms with van der Waals surface area (Å²) in [4.78, 5) is 0. The summed E-state index contributed by atoms with van der Waals surface area (Å²) < 4.78 is 1.71. The summed E-state index contributed by atoms with van der Waals surface area (Å²) in [5, 5.41) is 31.7. The molecule has 2 atom stereocenters. The van der Waals surface area contributed by atoms with Gasteiger partial charge in [-0.25, -0.2) is 4.74 Å². The van der Waals surface area contributed by atoms with Crippen LogP contribution in [0.4, 0.5) is 0 Å². The number of hydrogen-bond donors (Lipinski definition) is 2. The topological polar surface area (TPSA) is 66.5 Å². The van der Waals surface area contributed by atoms with Gasteiger partial charge in [0.25, 0.3) is 0 Å². The van der Waals surface area contributed by atoms with Crippen molar-refractivity contribution in [2.75, 3.05) is 33.7 Å². The Balaban J connectivity index is 4.10. The Morgan fingerprint density at radius 2 is 1.40 bits per heavy atom. The molecule has 0 aliphatic heterocycles. The highest BCUT2D eigenvalue weighted by molar-refractivity contribution is 5.66. The van der Waals surface area contributed by atoms with Crippen molar-refractivity contribution in [3.8, 4) is 0 Å². The van der Waals surface area contributed by atoms with Crippen LogP contribution in [0.15, 0.2) is 36.5 Å².